The Morgan fingerprint density at radius 1 is 0.925 bits per heavy atom. The van der Waals surface area contributed by atoms with Gasteiger partial charge < -0.3 is 15.2 Å². The smallest absolute Gasteiger partial charge is 0.253 e. The highest BCUT2D eigenvalue weighted by Crippen LogP contribution is 2.26. The first-order valence-corrected chi connectivity index (χ1v) is 14.1. The summed E-state index contributed by atoms with van der Waals surface area (Å²) in [5, 5.41) is 23.9. The monoisotopic (exact) mass is 575 g/mol. The third kappa shape index (κ3) is 8.00. The first-order chi connectivity index (χ1) is 19.3. The van der Waals surface area contributed by atoms with E-state index in [0.29, 0.717) is 45.3 Å². The summed E-state index contributed by atoms with van der Waals surface area (Å²) in [6, 6.07) is 23.1. The van der Waals surface area contributed by atoms with Crippen molar-refractivity contribution >= 4 is 52.2 Å². The first kappa shape index (κ1) is 29.0. The number of aromatic nitrogens is 3. The quantitative estimate of drug-likeness (QED) is 0.146. The zero-order valence-electron chi connectivity index (χ0n) is 22.4. The van der Waals surface area contributed by atoms with Gasteiger partial charge in [0.1, 0.15) is 0 Å². The molecule has 1 atom stereocenters. The molecular weight excluding hydrogens is 546 g/mol. The topological polar surface area (TPSA) is 114 Å². The standard InChI is InChI=1S/C29H30ClN7O2S/c1-19(2)17-25(32-28(39)23-11-7-8-12-24(23)30)27-35-36-29(37(27)3)40-18-26(38)31-20-13-15-22(16-14-20)34-33-21-9-5-4-6-10-21/h4-16,19,25H,17-18H2,1-3H3,(H,31,38)(H,32,39)/t25-/m0/s1. The van der Waals surface area contributed by atoms with Gasteiger partial charge in [-0.15, -0.1) is 10.2 Å². The molecule has 0 saturated carbocycles. The molecule has 4 aromatic rings. The summed E-state index contributed by atoms with van der Waals surface area (Å²) in [4.78, 5) is 25.6. The highest BCUT2D eigenvalue weighted by Gasteiger charge is 2.24. The van der Waals surface area contributed by atoms with Crippen molar-refractivity contribution in [1.82, 2.24) is 20.1 Å². The molecule has 0 bridgehead atoms. The van der Waals surface area contributed by atoms with Crippen molar-refractivity contribution in [1.29, 1.82) is 0 Å². The Bertz CT molecular complexity index is 1470. The summed E-state index contributed by atoms with van der Waals surface area (Å²) in [6.07, 6.45) is 0.661. The normalized spacial score (nSPS) is 12.0. The van der Waals surface area contributed by atoms with Crippen LogP contribution in [0.1, 0.15) is 42.5 Å². The predicted octanol–water partition coefficient (Wildman–Crippen LogP) is 7.13. The van der Waals surface area contributed by atoms with Gasteiger partial charge in [-0.05, 0) is 60.9 Å². The van der Waals surface area contributed by atoms with Crippen LogP contribution in [-0.2, 0) is 11.8 Å². The van der Waals surface area contributed by atoms with Gasteiger partial charge in [-0.2, -0.15) is 10.2 Å². The van der Waals surface area contributed by atoms with Crippen molar-refractivity contribution in [3.63, 3.8) is 0 Å². The van der Waals surface area contributed by atoms with Gasteiger partial charge in [0, 0.05) is 12.7 Å². The Morgan fingerprint density at radius 2 is 1.57 bits per heavy atom. The average molecular weight is 576 g/mol. The number of benzene rings is 3. The van der Waals surface area contributed by atoms with Crippen LogP contribution in [-0.4, -0.2) is 32.3 Å². The molecular formula is C29H30ClN7O2S. The zero-order valence-corrected chi connectivity index (χ0v) is 24.0. The summed E-state index contributed by atoms with van der Waals surface area (Å²) in [7, 11) is 1.83. The number of rotatable bonds is 11. The fourth-order valence-corrected chi connectivity index (χ4v) is 4.83. The van der Waals surface area contributed by atoms with E-state index in [1.54, 1.807) is 48.5 Å². The number of hydrogen-bond acceptors (Lipinski definition) is 7. The number of halogens is 1. The predicted molar refractivity (Wildman–Crippen MR) is 159 cm³/mol. The largest absolute Gasteiger partial charge is 0.342 e. The van der Waals surface area contributed by atoms with E-state index in [1.165, 1.54) is 11.8 Å². The van der Waals surface area contributed by atoms with Crippen molar-refractivity contribution < 1.29 is 9.59 Å². The SMILES string of the molecule is CC(C)C[C@H](NC(=O)c1ccccc1Cl)c1nnc(SCC(=O)Nc2ccc(N=Nc3ccccc3)cc2)n1C. The highest BCUT2D eigenvalue weighted by molar-refractivity contribution is 7.99. The average Bonchev–Trinajstić information content (AvgIpc) is 3.31. The molecule has 0 spiro atoms. The van der Waals surface area contributed by atoms with Gasteiger partial charge in [0.25, 0.3) is 5.91 Å². The molecule has 9 nitrogen and oxygen atoms in total. The summed E-state index contributed by atoms with van der Waals surface area (Å²) in [5.41, 5.74) is 2.50. The second kappa shape index (κ2) is 13.9. The fourth-order valence-electron chi connectivity index (χ4n) is 3.89. The second-order valence-corrected chi connectivity index (χ2v) is 10.8. The van der Waals surface area contributed by atoms with Gasteiger partial charge in [0.05, 0.1) is 33.8 Å². The number of nitrogens with zero attached hydrogens (tertiary/aromatic N) is 5. The minimum atomic E-state index is -0.373. The van der Waals surface area contributed by atoms with E-state index in [0.717, 1.165) is 5.69 Å². The van der Waals surface area contributed by atoms with Crippen LogP contribution in [0, 0.1) is 5.92 Å². The van der Waals surface area contributed by atoms with Gasteiger partial charge in [-0.3, -0.25) is 9.59 Å². The molecule has 11 heteroatoms. The lowest BCUT2D eigenvalue weighted by Gasteiger charge is -2.20. The molecule has 3 aromatic carbocycles. The lowest BCUT2D eigenvalue weighted by Crippen LogP contribution is -2.31. The maximum Gasteiger partial charge on any atom is 0.253 e. The number of azo groups is 1. The number of carbonyl (C=O) groups excluding carboxylic acids is 2. The summed E-state index contributed by atoms with van der Waals surface area (Å²) < 4.78 is 1.81. The lowest BCUT2D eigenvalue weighted by molar-refractivity contribution is -0.113. The minimum absolute atomic E-state index is 0.141. The molecule has 4 rings (SSSR count). The molecule has 2 amide bonds. The summed E-state index contributed by atoms with van der Waals surface area (Å²) in [5.74, 6) is 0.584. The highest BCUT2D eigenvalue weighted by atomic mass is 35.5. The lowest BCUT2D eigenvalue weighted by atomic mass is 10.0. The van der Waals surface area contributed by atoms with E-state index < -0.39 is 0 Å². The molecule has 0 unspecified atom stereocenters. The Morgan fingerprint density at radius 3 is 2.25 bits per heavy atom. The van der Waals surface area contributed by atoms with Gasteiger partial charge in [-0.1, -0.05) is 67.5 Å². The molecule has 0 radical (unpaired) electrons. The Hall–Kier alpha value is -4.02. The van der Waals surface area contributed by atoms with Crippen LogP contribution >= 0.6 is 23.4 Å². The molecule has 40 heavy (non-hydrogen) atoms. The number of amides is 2. The second-order valence-electron chi connectivity index (χ2n) is 9.45. The van der Waals surface area contributed by atoms with E-state index in [-0.39, 0.29) is 23.6 Å². The molecule has 0 saturated heterocycles. The number of hydrogen-bond donors (Lipinski definition) is 2. The molecule has 0 fully saturated rings. The Balaban J connectivity index is 1.35. The minimum Gasteiger partial charge on any atom is -0.342 e. The van der Waals surface area contributed by atoms with Crippen LogP contribution in [0.2, 0.25) is 5.02 Å². The molecule has 1 heterocycles. The van der Waals surface area contributed by atoms with Gasteiger partial charge in [0.15, 0.2) is 11.0 Å². The Kier molecular flexibility index (Phi) is 10.0. The van der Waals surface area contributed by atoms with Gasteiger partial charge >= 0.3 is 0 Å². The van der Waals surface area contributed by atoms with Crippen LogP contribution in [0.3, 0.4) is 0 Å². The van der Waals surface area contributed by atoms with Crippen molar-refractivity contribution in [2.45, 2.75) is 31.5 Å². The van der Waals surface area contributed by atoms with Crippen molar-refractivity contribution in [3.8, 4) is 0 Å². The number of anilines is 1. The van der Waals surface area contributed by atoms with E-state index >= 15 is 0 Å². The van der Waals surface area contributed by atoms with E-state index in [2.05, 4.69) is 44.9 Å². The van der Waals surface area contributed by atoms with Crippen LogP contribution in [0.15, 0.2) is 94.2 Å². The summed E-state index contributed by atoms with van der Waals surface area (Å²) in [6.45, 7) is 4.15. The van der Waals surface area contributed by atoms with Crippen molar-refractivity contribution in [2.75, 3.05) is 11.1 Å². The third-order valence-corrected chi connectivity index (χ3v) is 7.18. The maximum absolute atomic E-state index is 12.9. The van der Waals surface area contributed by atoms with E-state index in [9.17, 15) is 9.59 Å². The molecule has 206 valence electrons. The first-order valence-electron chi connectivity index (χ1n) is 12.7. The number of nitrogens with one attached hydrogen (secondary N) is 2. The van der Waals surface area contributed by atoms with Crippen LogP contribution < -0.4 is 10.6 Å². The summed E-state index contributed by atoms with van der Waals surface area (Å²) >= 11 is 7.49. The van der Waals surface area contributed by atoms with Gasteiger partial charge in [0.2, 0.25) is 5.91 Å². The zero-order chi connectivity index (χ0) is 28.5. The number of thioether (sulfide) groups is 1. The molecule has 1 aromatic heterocycles. The number of carbonyl (C=O) groups is 2. The van der Waals surface area contributed by atoms with Crippen molar-refractivity contribution in [2.24, 2.45) is 23.2 Å². The fraction of sp³-hybridized carbons (Fsp3) is 0.241. The molecule has 0 aliphatic carbocycles. The van der Waals surface area contributed by atoms with Crippen LogP contribution in [0.25, 0.3) is 0 Å². The van der Waals surface area contributed by atoms with E-state index in [4.69, 9.17) is 11.6 Å². The van der Waals surface area contributed by atoms with Crippen molar-refractivity contribution in [3.05, 3.63) is 95.3 Å². The van der Waals surface area contributed by atoms with Gasteiger partial charge in [-0.25, -0.2) is 0 Å². The molecule has 2 N–H and O–H groups in total. The third-order valence-electron chi connectivity index (χ3n) is 5.83. The molecule has 0 aliphatic heterocycles. The van der Waals surface area contributed by atoms with Crippen LogP contribution in [0.4, 0.5) is 17.1 Å². The molecule has 0 aliphatic rings. The van der Waals surface area contributed by atoms with Crippen LogP contribution in [0.5, 0.6) is 0 Å². The maximum atomic E-state index is 12.9. The Labute approximate surface area is 242 Å². The van der Waals surface area contributed by atoms with E-state index in [1.807, 2.05) is 41.9 Å².